The molecule has 4 rings (SSSR count). The number of hydrogen-bond acceptors (Lipinski definition) is 7. The number of thioether (sulfide) groups is 2. The molecule has 0 radical (unpaired) electrons. The normalized spacial score (nSPS) is 22.9. The fourth-order valence-electron chi connectivity index (χ4n) is 5.61. The van der Waals surface area contributed by atoms with Crippen LogP contribution in [0.15, 0.2) is 54.6 Å². The predicted molar refractivity (Wildman–Crippen MR) is 169 cm³/mol. The zero-order valence-electron chi connectivity index (χ0n) is 25.0. The standard InChI is InChI=1S/C32H43N3O5S2/c1-20(2)27-25(15-16-41-27)40-31(39)34-24(17-22-12-7-6-8-13-22)26(36)30(38)35-19-42-32(4,5)28(35)29(37)33-18-23-14-10-9-11-21(23)3/h6-14,20,24-28,36H,15-19H2,1-5H3,(H,33,37)(H,34,39)/t24-,25-,26-,27-,28-/m0/s1. The van der Waals surface area contributed by atoms with Crippen molar-refractivity contribution in [3.05, 3.63) is 71.3 Å². The summed E-state index contributed by atoms with van der Waals surface area (Å²) in [6.07, 6.45) is -1.45. The number of carbonyl (C=O) groups excluding carboxylic acids is 3. The van der Waals surface area contributed by atoms with Gasteiger partial charge in [0.15, 0.2) is 6.10 Å². The van der Waals surface area contributed by atoms with Crippen molar-refractivity contribution >= 4 is 41.4 Å². The monoisotopic (exact) mass is 613 g/mol. The number of aliphatic hydroxyl groups excluding tert-OH is 1. The van der Waals surface area contributed by atoms with Gasteiger partial charge in [-0.15, -0.1) is 11.8 Å². The molecule has 2 aliphatic heterocycles. The van der Waals surface area contributed by atoms with E-state index in [1.54, 1.807) is 11.8 Å². The predicted octanol–water partition coefficient (Wildman–Crippen LogP) is 4.52. The lowest BCUT2D eigenvalue weighted by atomic mass is 9.97. The lowest BCUT2D eigenvalue weighted by Gasteiger charge is -2.33. The average Bonchev–Trinajstić information content (AvgIpc) is 3.55. The molecule has 2 aromatic rings. The second kappa shape index (κ2) is 14.2. The van der Waals surface area contributed by atoms with Crippen LogP contribution in [0.1, 0.15) is 50.8 Å². The van der Waals surface area contributed by atoms with Crippen molar-refractivity contribution in [2.45, 2.75) is 88.3 Å². The van der Waals surface area contributed by atoms with Gasteiger partial charge in [0.1, 0.15) is 12.1 Å². The summed E-state index contributed by atoms with van der Waals surface area (Å²) in [5.74, 6) is 0.655. The summed E-state index contributed by atoms with van der Waals surface area (Å²) in [6, 6.07) is 15.5. The lowest BCUT2D eigenvalue weighted by Crippen LogP contribution is -2.58. The highest BCUT2D eigenvalue weighted by Gasteiger charge is 2.50. The molecule has 2 heterocycles. The Morgan fingerprint density at radius 3 is 2.48 bits per heavy atom. The molecule has 2 aliphatic rings. The number of nitrogens with zero attached hydrogens (tertiary/aromatic N) is 1. The van der Waals surface area contributed by atoms with E-state index in [1.807, 2.05) is 75.4 Å². The van der Waals surface area contributed by atoms with Gasteiger partial charge in [-0.3, -0.25) is 9.59 Å². The number of rotatable bonds is 10. The highest BCUT2D eigenvalue weighted by atomic mass is 32.2. The van der Waals surface area contributed by atoms with Crippen molar-refractivity contribution in [1.29, 1.82) is 0 Å². The summed E-state index contributed by atoms with van der Waals surface area (Å²) in [6.45, 7) is 10.4. The molecular weight excluding hydrogens is 571 g/mol. The van der Waals surface area contributed by atoms with Crippen molar-refractivity contribution in [2.75, 3.05) is 11.6 Å². The number of alkyl carbamates (subject to hydrolysis) is 1. The topological polar surface area (TPSA) is 108 Å². The number of benzene rings is 2. The number of amides is 3. The van der Waals surface area contributed by atoms with Gasteiger partial charge in [0, 0.05) is 16.5 Å². The van der Waals surface area contributed by atoms with Crippen LogP contribution in [0.25, 0.3) is 0 Å². The van der Waals surface area contributed by atoms with E-state index in [4.69, 9.17) is 4.74 Å². The Bertz CT molecular complexity index is 1240. The van der Waals surface area contributed by atoms with Gasteiger partial charge >= 0.3 is 6.09 Å². The van der Waals surface area contributed by atoms with E-state index in [0.717, 1.165) is 28.9 Å². The Hall–Kier alpha value is -2.69. The molecule has 2 fully saturated rings. The van der Waals surface area contributed by atoms with Gasteiger partial charge in [-0.05, 0) is 62.0 Å². The molecule has 0 aliphatic carbocycles. The highest BCUT2D eigenvalue weighted by Crippen LogP contribution is 2.40. The second-order valence-corrected chi connectivity index (χ2v) is 14.8. The third-order valence-corrected chi connectivity index (χ3v) is 11.1. The van der Waals surface area contributed by atoms with Gasteiger partial charge in [0.2, 0.25) is 5.91 Å². The summed E-state index contributed by atoms with van der Waals surface area (Å²) in [7, 11) is 0. The highest BCUT2D eigenvalue weighted by molar-refractivity contribution is 8.01. The molecule has 5 atom stereocenters. The number of ether oxygens (including phenoxy) is 1. The van der Waals surface area contributed by atoms with Gasteiger partial charge in [0.05, 0.1) is 11.9 Å². The van der Waals surface area contributed by atoms with E-state index in [-0.39, 0.29) is 29.6 Å². The Balaban J connectivity index is 1.49. The van der Waals surface area contributed by atoms with Crippen molar-refractivity contribution in [2.24, 2.45) is 5.92 Å². The van der Waals surface area contributed by atoms with Crippen LogP contribution in [0.4, 0.5) is 4.79 Å². The van der Waals surface area contributed by atoms with Crippen LogP contribution in [-0.4, -0.2) is 73.8 Å². The third-order valence-electron chi connectivity index (χ3n) is 8.02. The van der Waals surface area contributed by atoms with Gasteiger partial charge in [0.25, 0.3) is 5.91 Å². The molecule has 8 nitrogen and oxygen atoms in total. The molecular formula is C32H43N3O5S2. The van der Waals surface area contributed by atoms with Crippen LogP contribution in [0, 0.1) is 12.8 Å². The quantitative estimate of drug-likeness (QED) is 0.362. The Morgan fingerprint density at radius 1 is 1.10 bits per heavy atom. The number of nitrogens with one attached hydrogen (secondary N) is 2. The first-order valence-electron chi connectivity index (χ1n) is 14.6. The maximum Gasteiger partial charge on any atom is 0.407 e. The minimum absolute atomic E-state index is 0.206. The first-order chi connectivity index (χ1) is 20.0. The summed E-state index contributed by atoms with van der Waals surface area (Å²) in [5.41, 5.74) is 2.92. The Kier molecular flexibility index (Phi) is 10.9. The van der Waals surface area contributed by atoms with Crippen LogP contribution in [0.5, 0.6) is 0 Å². The van der Waals surface area contributed by atoms with E-state index >= 15 is 0 Å². The van der Waals surface area contributed by atoms with Crippen LogP contribution in [-0.2, 0) is 27.3 Å². The first-order valence-corrected chi connectivity index (χ1v) is 16.6. The van der Waals surface area contributed by atoms with Crippen LogP contribution in [0.3, 0.4) is 0 Å². The van der Waals surface area contributed by atoms with Crippen LogP contribution < -0.4 is 10.6 Å². The number of aliphatic hydroxyl groups is 1. The molecule has 10 heteroatoms. The molecule has 0 saturated carbocycles. The van der Waals surface area contributed by atoms with Crippen molar-refractivity contribution in [1.82, 2.24) is 15.5 Å². The number of hydrogen-bond donors (Lipinski definition) is 3. The summed E-state index contributed by atoms with van der Waals surface area (Å²) >= 11 is 3.29. The largest absolute Gasteiger partial charge is 0.445 e. The van der Waals surface area contributed by atoms with E-state index in [0.29, 0.717) is 12.5 Å². The summed E-state index contributed by atoms with van der Waals surface area (Å²) in [4.78, 5) is 41.9. The van der Waals surface area contributed by atoms with E-state index < -0.39 is 34.9 Å². The van der Waals surface area contributed by atoms with Gasteiger partial charge in [-0.2, -0.15) is 11.8 Å². The molecule has 0 spiro atoms. The zero-order chi connectivity index (χ0) is 30.4. The molecule has 3 amide bonds. The number of carbonyl (C=O) groups is 3. The Labute approximate surface area is 257 Å². The minimum Gasteiger partial charge on any atom is -0.445 e. The smallest absolute Gasteiger partial charge is 0.407 e. The molecule has 3 N–H and O–H groups in total. The van der Waals surface area contributed by atoms with E-state index in [9.17, 15) is 19.5 Å². The van der Waals surface area contributed by atoms with Crippen LogP contribution >= 0.6 is 23.5 Å². The summed E-state index contributed by atoms with van der Waals surface area (Å²) < 4.78 is 5.24. The average molecular weight is 614 g/mol. The van der Waals surface area contributed by atoms with Gasteiger partial charge in [-0.25, -0.2) is 4.79 Å². The molecule has 2 aromatic carbocycles. The van der Waals surface area contributed by atoms with Crippen molar-refractivity contribution in [3.63, 3.8) is 0 Å². The number of aryl methyl sites for hydroxylation is 1. The van der Waals surface area contributed by atoms with Gasteiger partial charge < -0.3 is 25.4 Å². The second-order valence-electron chi connectivity index (χ2n) is 11.9. The molecule has 0 bridgehead atoms. The van der Waals surface area contributed by atoms with Crippen molar-refractivity contribution < 1.29 is 24.2 Å². The molecule has 228 valence electrons. The van der Waals surface area contributed by atoms with E-state index in [2.05, 4.69) is 24.5 Å². The van der Waals surface area contributed by atoms with Gasteiger partial charge in [-0.1, -0.05) is 68.4 Å². The maximum absolute atomic E-state index is 13.9. The maximum atomic E-state index is 13.9. The van der Waals surface area contributed by atoms with Crippen LogP contribution in [0.2, 0.25) is 0 Å². The molecule has 0 aromatic heterocycles. The molecule has 0 unspecified atom stereocenters. The SMILES string of the molecule is Cc1ccccc1CNC(=O)[C@@H]1N(C(=O)[C@@H](O)[C@H](Cc2ccccc2)NC(=O)O[C@H]2CCS[C@H]2C(C)C)CSC1(C)C. The van der Waals surface area contributed by atoms with E-state index in [1.165, 1.54) is 16.7 Å². The first kappa shape index (κ1) is 32.2. The molecule has 2 saturated heterocycles. The third kappa shape index (κ3) is 7.82. The Morgan fingerprint density at radius 2 is 1.79 bits per heavy atom. The fourth-order valence-corrected chi connectivity index (χ4v) is 8.19. The minimum atomic E-state index is -1.57. The lowest BCUT2D eigenvalue weighted by molar-refractivity contribution is -0.147. The zero-order valence-corrected chi connectivity index (χ0v) is 26.7. The summed E-state index contributed by atoms with van der Waals surface area (Å²) in [5, 5.41) is 17.5. The fraction of sp³-hybridized carbons (Fsp3) is 0.531. The molecule has 42 heavy (non-hydrogen) atoms. The van der Waals surface area contributed by atoms with Crippen molar-refractivity contribution in [3.8, 4) is 0 Å².